The van der Waals surface area contributed by atoms with Gasteiger partial charge in [-0.05, 0) is 5.92 Å². The van der Waals surface area contributed by atoms with Crippen molar-refractivity contribution in [1.82, 2.24) is 20.3 Å². The van der Waals surface area contributed by atoms with Crippen molar-refractivity contribution in [3.63, 3.8) is 0 Å². The highest BCUT2D eigenvalue weighted by Gasteiger charge is 2.10. The summed E-state index contributed by atoms with van der Waals surface area (Å²) >= 11 is 0. The number of hydrogen-bond donors (Lipinski definition) is 2. The monoisotopic (exact) mass is 226 g/mol. The van der Waals surface area contributed by atoms with E-state index in [2.05, 4.69) is 15.6 Å². The molecule has 0 atom stereocenters. The van der Waals surface area contributed by atoms with Gasteiger partial charge in [0.2, 0.25) is 5.91 Å². The molecule has 0 saturated heterocycles. The minimum Gasteiger partial charge on any atom is -0.476 e. The summed E-state index contributed by atoms with van der Waals surface area (Å²) in [6, 6.07) is 0. The lowest BCUT2D eigenvalue weighted by molar-refractivity contribution is -0.122. The molecule has 0 bridgehead atoms. The maximum atomic E-state index is 11.3. The van der Waals surface area contributed by atoms with Crippen LogP contribution in [0.25, 0.3) is 0 Å². The molecule has 16 heavy (non-hydrogen) atoms. The fraction of sp³-hybridized carbons (Fsp3) is 0.556. The maximum Gasteiger partial charge on any atom is 0.358 e. The van der Waals surface area contributed by atoms with Gasteiger partial charge in [0.25, 0.3) is 0 Å². The van der Waals surface area contributed by atoms with Crippen LogP contribution in [0.2, 0.25) is 0 Å². The highest BCUT2D eigenvalue weighted by atomic mass is 16.4. The molecule has 7 heteroatoms. The molecule has 0 aliphatic carbocycles. The van der Waals surface area contributed by atoms with Crippen molar-refractivity contribution < 1.29 is 14.7 Å². The number of amides is 1. The summed E-state index contributed by atoms with van der Waals surface area (Å²) in [6.45, 7) is 4.53. The lowest BCUT2D eigenvalue weighted by Crippen LogP contribution is -2.30. The van der Waals surface area contributed by atoms with Crippen LogP contribution in [-0.2, 0) is 11.3 Å². The summed E-state index contributed by atoms with van der Waals surface area (Å²) in [5.41, 5.74) is -0.170. The third-order valence-corrected chi connectivity index (χ3v) is 1.77. The van der Waals surface area contributed by atoms with Gasteiger partial charge in [-0.2, -0.15) is 0 Å². The van der Waals surface area contributed by atoms with E-state index in [1.807, 2.05) is 13.8 Å². The Morgan fingerprint density at radius 3 is 2.75 bits per heavy atom. The molecule has 88 valence electrons. The van der Waals surface area contributed by atoms with Gasteiger partial charge in [0.05, 0.1) is 6.20 Å². The van der Waals surface area contributed by atoms with Crippen LogP contribution in [0.5, 0.6) is 0 Å². The van der Waals surface area contributed by atoms with Crippen molar-refractivity contribution in [2.45, 2.75) is 20.4 Å². The van der Waals surface area contributed by atoms with Gasteiger partial charge in [0.15, 0.2) is 5.69 Å². The van der Waals surface area contributed by atoms with Crippen LogP contribution in [0.4, 0.5) is 0 Å². The third-order valence-electron chi connectivity index (χ3n) is 1.77. The van der Waals surface area contributed by atoms with E-state index in [9.17, 15) is 9.59 Å². The highest BCUT2D eigenvalue weighted by molar-refractivity contribution is 5.84. The van der Waals surface area contributed by atoms with Crippen LogP contribution in [0, 0.1) is 5.92 Å². The first-order chi connectivity index (χ1) is 7.49. The number of aromatic nitrogens is 3. The second kappa shape index (κ2) is 5.24. The molecule has 0 spiro atoms. The molecule has 1 aromatic heterocycles. The maximum absolute atomic E-state index is 11.3. The zero-order chi connectivity index (χ0) is 12.1. The lowest BCUT2D eigenvalue weighted by Gasteiger charge is -2.06. The smallest absolute Gasteiger partial charge is 0.358 e. The van der Waals surface area contributed by atoms with Crippen LogP contribution >= 0.6 is 0 Å². The molecule has 0 aliphatic rings. The highest BCUT2D eigenvalue weighted by Crippen LogP contribution is 1.93. The molecule has 0 saturated carbocycles. The summed E-state index contributed by atoms with van der Waals surface area (Å²) in [5, 5.41) is 18.2. The third kappa shape index (κ3) is 3.68. The summed E-state index contributed by atoms with van der Waals surface area (Å²) < 4.78 is 1.19. The Hall–Kier alpha value is -1.92. The number of carbonyl (C=O) groups is 2. The van der Waals surface area contributed by atoms with Crippen LogP contribution in [0.15, 0.2) is 6.20 Å². The van der Waals surface area contributed by atoms with E-state index in [0.717, 1.165) is 0 Å². The first-order valence-electron chi connectivity index (χ1n) is 4.89. The number of rotatable bonds is 5. The Kier molecular flexibility index (Phi) is 3.98. The number of aromatic carboxylic acids is 1. The largest absolute Gasteiger partial charge is 0.476 e. The number of nitrogens with zero attached hydrogens (tertiary/aromatic N) is 3. The van der Waals surface area contributed by atoms with E-state index in [-0.39, 0.29) is 18.1 Å². The zero-order valence-corrected chi connectivity index (χ0v) is 9.17. The van der Waals surface area contributed by atoms with Gasteiger partial charge in [0.1, 0.15) is 6.54 Å². The average Bonchev–Trinajstić information content (AvgIpc) is 2.63. The molecule has 0 radical (unpaired) electrons. The Balaban J connectivity index is 2.46. The molecule has 2 N–H and O–H groups in total. The van der Waals surface area contributed by atoms with Crippen molar-refractivity contribution in [2.24, 2.45) is 5.92 Å². The predicted molar refractivity (Wildman–Crippen MR) is 54.8 cm³/mol. The van der Waals surface area contributed by atoms with E-state index < -0.39 is 5.97 Å². The second-order valence-corrected chi connectivity index (χ2v) is 3.80. The Bertz CT molecular complexity index is 386. The molecule has 0 aromatic carbocycles. The molecular formula is C9H14N4O3. The molecule has 1 aromatic rings. The lowest BCUT2D eigenvalue weighted by atomic mass is 10.2. The van der Waals surface area contributed by atoms with Gasteiger partial charge < -0.3 is 10.4 Å². The van der Waals surface area contributed by atoms with E-state index in [1.54, 1.807) is 0 Å². The summed E-state index contributed by atoms with van der Waals surface area (Å²) in [6.07, 6.45) is 1.22. The van der Waals surface area contributed by atoms with E-state index >= 15 is 0 Å². The number of nitrogens with one attached hydrogen (secondary N) is 1. The van der Waals surface area contributed by atoms with Crippen LogP contribution < -0.4 is 5.32 Å². The van der Waals surface area contributed by atoms with Gasteiger partial charge in [-0.25, -0.2) is 9.48 Å². The number of hydrogen-bond acceptors (Lipinski definition) is 4. The Morgan fingerprint density at radius 1 is 1.56 bits per heavy atom. The molecule has 1 rings (SSSR count). The fourth-order valence-corrected chi connectivity index (χ4v) is 0.995. The minimum atomic E-state index is -1.16. The van der Waals surface area contributed by atoms with E-state index in [4.69, 9.17) is 5.11 Å². The molecule has 1 heterocycles. The van der Waals surface area contributed by atoms with Crippen molar-refractivity contribution in [3.8, 4) is 0 Å². The van der Waals surface area contributed by atoms with Crippen LogP contribution in [0.3, 0.4) is 0 Å². The van der Waals surface area contributed by atoms with Gasteiger partial charge in [-0.1, -0.05) is 19.1 Å². The number of carboxylic acids is 1. The SMILES string of the molecule is CC(C)CNC(=O)Cn1cc(C(=O)O)nn1. The standard InChI is InChI=1S/C9H14N4O3/c1-6(2)3-10-8(14)5-13-4-7(9(15)16)11-12-13/h4,6H,3,5H2,1-2H3,(H,10,14)(H,15,16). The van der Waals surface area contributed by atoms with Gasteiger partial charge >= 0.3 is 5.97 Å². The fourth-order valence-electron chi connectivity index (χ4n) is 0.995. The Labute approximate surface area is 92.4 Å². The Morgan fingerprint density at radius 2 is 2.25 bits per heavy atom. The molecule has 0 fully saturated rings. The van der Waals surface area contributed by atoms with Crippen molar-refractivity contribution in [3.05, 3.63) is 11.9 Å². The van der Waals surface area contributed by atoms with E-state index in [1.165, 1.54) is 10.9 Å². The molecule has 0 unspecified atom stereocenters. The molecule has 1 amide bonds. The van der Waals surface area contributed by atoms with Gasteiger partial charge in [0, 0.05) is 6.54 Å². The normalized spacial score (nSPS) is 10.4. The summed E-state index contributed by atoms with van der Waals surface area (Å²) in [5.74, 6) is -1.00. The van der Waals surface area contributed by atoms with Crippen LogP contribution in [-0.4, -0.2) is 38.5 Å². The second-order valence-electron chi connectivity index (χ2n) is 3.80. The van der Waals surface area contributed by atoms with Crippen LogP contribution in [0.1, 0.15) is 24.3 Å². The van der Waals surface area contributed by atoms with Crippen molar-refractivity contribution in [1.29, 1.82) is 0 Å². The molecule has 7 nitrogen and oxygen atoms in total. The van der Waals surface area contributed by atoms with Gasteiger partial charge in [-0.3, -0.25) is 4.79 Å². The first kappa shape index (κ1) is 12.2. The number of carbonyl (C=O) groups excluding carboxylic acids is 1. The molecule has 0 aliphatic heterocycles. The van der Waals surface area contributed by atoms with Crippen molar-refractivity contribution in [2.75, 3.05) is 6.54 Å². The quantitative estimate of drug-likeness (QED) is 0.721. The van der Waals surface area contributed by atoms with Gasteiger partial charge in [-0.15, -0.1) is 5.10 Å². The topological polar surface area (TPSA) is 97.1 Å². The summed E-state index contributed by atoms with van der Waals surface area (Å²) in [4.78, 5) is 21.8. The predicted octanol–water partition coefficient (Wildman–Crippen LogP) is -0.252. The minimum absolute atomic E-state index is 0.0208. The molecular weight excluding hydrogens is 212 g/mol. The summed E-state index contributed by atoms with van der Waals surface area (Å²) in [7, 11) is 0. The first-order valence-corrected chi connectivity index (χ1v) is 4.89. The van der Waals surface area contributed by atoms with E-state index in [0.29, 0.717) is 12.5 Å². The van der Waals surface area contributed by atoms with Crippen molar-refractivity contribution >= 4 is 11.9 Å². The zero-order valence-electron chi connectivity index (χ0n) is 9.17. The average molecular weight is 226 g/mol. The number of carboxylic acid groups (broad SMARTS) is 1.